The summed E-state index contributed by atoms with van der Waals surface area (Å²) in [6.45, 7) is 1.71. The molecule has 0 unspecified atom stereocenters. The lowest BCUT2D eigenvalue weighted by atomic mass is 10.2. The fraction of sp³-hybridized carbons (Fsp3) is 0.105. The van der Waals surface area contributed by atoms with Crippen molar-refractivity contribution < 1.29 is 9.13 Å². The van der Waals surface area contributed by atoms with Gasteiger partial charge in [-0.3, -0.25) is 0 Å². The van der Waals surface area contributed by atoms with Gasteiger partial charge in [-0.15, -0.1) is 0 Å². The van der Waals surface area contributed by atoms with Crippen LogP contribution in [0.1, 0.15) is 22.5 Å². The highest BCUT2D eigenvalue weighted by atomic mass is 19.1. The van der Waals surface area contributed by atoms with Gasteiger partial charge in [0.25, 0.3) is 0 Å². The number of nitrogens with zero attached hydrogens (tertiary/aromatic N) is 4. The number of ether oxygens (including phenoxy) is 1. The molecule has 122 valence electrons. The van der Waals surface area contributed by atoms with Gasteiger partial charge in [0.1, 0.15) is 18.2 Å². The highest BCUT2D eigenvalue weighted by Crippen LogP contribution is 2.23. The quantitative estimate of drug-likeness (QED) is 0.731. The van der Waals surface area contributed by atoms with E-state index in [1.165, 1.54) is 12.1 Å². The summed E-state index contributed by atoms with van der Waals surface area (Å²) in [7, 11) is 0. The van der Waals surface area contributed by atoms with Crippen LogP contribution in [0, 0.1) is 35.4 Å². The zero-order chi connectivity index (χ0) is 17.8. The molecule has 5 nitrogen and oxygen atoms in total. The average molecular weight is 332 g/mol. The van der Waals surface area contributed by atoms with E-state index in [0.717, 1.165) is 11.8 Å². The van der Waals surface area contributed by atoms with Gasteiger partial charge in [-0.05, 0) is 37.3 Å². The maximum Gasteiger partial charge on any atom is 0.166 e. The largest absolute Gasteiger partial charge is 0.484 e. The first-order valence-corrected chi connectivity index (χ1v) is 7.50. The Kier molecular flexibility index (Phi) is 4.45. The van der Waals surface area contributed by atoms with Crippen LogP contribution in [0.2, 0.25) is 0 Å². The van der Waals surface area contributed by atoms with E-state index in [1.54, 1.807) is 11.6 Å². The average Bonchev–Trinajstić information content (AvgIpc) is 2.96. The summed E-state index contributed by atoms with van der Waals surface area (Å²) in [6.07, 6.45) is 0. The molecule has 1 heterocycles. The number of halogens is 1. The third kappa shape index (κ3) is 3.19. The first kappa shape index (κ1) is 16.2. The van der Waals surface area contributed by atoms with Crippen molar-refractivity contribution in [2.75, 3.05) is 0 Å². The summed E-state index contributed by atoms with van der Waals surface area (Å²) < 4.78 is 21.2. The molecule has 0 spiro atoms. The van der Waals surface area contributed by atoms with Crippen LogP contribution < -0.4 is 4.74 Å². The SMILES string of the molecule is Cc1nn(-c2ccccc2)c(COc2ccc(C#N)cc2F)c1C#N. The summed E-state index contributed by atoms with van der Waals surface area (Å²) >= 11 is 0. The standard InChI is InChI=1S/C19H13FN4O/c1-13-16(11-22)18(24(23-13)15-5-3-2-4-6-15)12-25-19-8-7-14(10-21)9-17(19)20/h2-9H,12H2,1H3. The minimum Gasteiger partial charge on any atom is -0.484 e. The lowest BCUT2D eigenvalue weighted by Gasteiger charge is -2.10. The third-order valence-corrected chi connectivity index (χ3v) is 3.69. The Morgan fingerprint density at radius 2 is 1.88 bits per heavy atom. The molecule has 0 atom stereocenters. The van der Waals surface area contributed by atoms with Crippen molar-refractivity contribution in [3.63, 3.8) is 0 Å². The summed E-state index contributed by atoms with van der Waals surface area (Å²) in [5, 5.41) is 22.6. The first-order valence-electron chi connectivity index (χ1n) is 7.50. The molecular formula is C19H13FN4O. The van der Waals surface area contributed by atoms with Gasteiger partial charge in [0.15, 0.2) is 11.6 Å². The summed E-state index contributed by atoms with van der Waals surface area (Å²) in [5.41, 5.74) is 2.51. The number of benzene rings is 2. The molecule has 0 saturated carbocycles. The molecule has 0 amide bonds. The van der Waals surface area contributed by atoms with E-state index in [-0.39, 0.29) is 17.9 Å². The Labute approximate surface area is 144 Å². The predicted molar refractivity (Wildman–Crippen MR) is 88.5 cm³/mol. The lowest BCUT2D eigenvalue weighted by molar-refractivity contribution is 0.282. The van der Waals surface area contributed by atoms with E-state index in [2.05, 4.69) is 11.2 Å². The van der Waals surface area contributed by atoms with Gasteiger partial charge in [-0.1, -0.05) is 18.2 Å². The van der Waals surface area contributed by atoms with Crippen LogP contribution in [0.25, 0.3) is 5.69 Å². The smallest absolute Gasteiger partial charge is 0.166 e. The number of hydrogen-bond acceptors (Lipinski definition) is 4. The van der Waals surface area contributed by atoms with Crippen LogP contribution >= 0.6 is 0 Å². The van der Waals surface area contributed by atoms with Gasteiger partial charge < -0.3 is 4.74 Å². The highest BCUT2D eigenvalue weighted by Gasteiger charge is 2.17. The Hall–Kier alpha value is -3.64. The second-order valence-electron chi connectivity index (χ2n) is 5.31. The Bertz CT molecular complexity index is 997. The number of hydrogen-bond donors (Lipinski definition) is 0. The molecule has 0 saturated heterocycles. The van der Waals surface area contributed by atoms with E-state index in [9.17, 15) is 9.65 Å². The second kappa shape index (κ2) is 6.86. The van der Waals surface area contributed by atoms with E-state index in [4.69, 9.17) is 10.00 Å². The van der Waals surface area contributed by atoms with Crippen LogP contribution in [-0.4, -0.2) is 9.78 Å². The van der Waals surface area contributed by atoms with Crippen LogP contribution in [0.3, 0.4) is 0 Å². The number of aryl methyl sites for hydroxylation is 1. The monoisotopic (exact) mass is 332 g/mol. The summed E-state index contributed by atoms with van der Waals surface area (Å²) in [6, 6.07) is 17.3. The van der Waals surface area contributed by atoms with E-state index in [1.807, 2.05) is 36.4 Å². The minimum absolute atomic E-state index is 0.0151. The number of para-hydroxylation sites is 1. The lowest BCUT2D eigenvalue weighted by Crippen LogP contribution is -2.07. The van der Waals surface area contributed by atoms with E-state index < -0.39 is 5.82 Å². The molecule has 3 aromatic rings. The van der Waals surface area contributed by atoms with Crippen molar-refractivity contribution in [2.45, 2.75) is 13.5 Å². The van der Waals surface area contributed by atoms with Crippen LogP contribution in [0.4, 0.5) is 4.39 Å². The number of rotatable bonds is 4. The maximum absolute atomic E-state index is 14.0. The van der Waals surface area contributed by atoms with Crippen molar-refractivity contribution in [3.05, 3.63) is 76.9 Å². The van der Waals surface area contributed by atoms with E-state index in [0.29, 0.717) is 17.0 Å². The molecule has 6 heteroatoms. The van der Waals surface area contributed by atoms with Crippen molar-refractivity contribution >= 4 is 0 Å². The first-order chi connectivity index (χ1) is 12.1. The fourth-order valence-electron chi connectivity index (χ4n) is 2.47. The summed E-state index contributed by atoms with van der Waals surface area (Å²) in [5.74, 6) is -0.610. The van der Waals surface area contributed by atoms with Gasteiger partial charge >= 0.3 is 0 Å². The Balaban J connectivity index is 1.95. The molecule has 3 rings (SSSR count). The summed E-state index contributed by atoms with van der Waals surface area (Å²) in [4.78, 5) is 0. The molecular weight excluding hydrogens is 319 g/mol. The number of aromatic nitrogens is 2. The fourth-order valence-corrected chi connectivity index (χ4v) is 2.47. The van der Waals surface area contributed by atoms with Crippen molar-refractivity contribution in [3.8, 4) is 23.6 Å². The van der Waals surface area contributed by atoms with Crippen LogP contribution in [0.5, 0.6) is 5.75 Å². The molecule has 0 fully saturated rings. The van der Waals surface area contributed by atoms with Crippen LogP contribution in [0.15, 0.2) is 48.5 Å². The minimum atomic E-state index is -0.625. The van der Waals surface area contributed by atoms with Gasteiger partial charge in [-0.25, -0.2) is 9.07 Å². The van der Waals surface area contributed by atoms with Crippen molar-refractivity contribution in [1.29, 1.82) is 10.5 Å². The molecule has 0 aliphatic carbocycles. The topological polar surface area (TPSA) is 74.6 Å². The zero-order valence-corrected chi connectivity index (χ0v) is 13.4. The zero-order valence-electron chi connectivity index (χ0n) is 13.4. The molecule has 0 aliphatic heterocycles. The van der Waals surface area contributed by atoms with Gasteiger partial charge in [0.05, 0.1) is 28.7 Å². The highest BCUT2D eigenvalue weighted by molar-refractivity contribution is 5.43. The van der Waals surface area contributed by atoms with Gasteiger partial charge in [0.2, 0.25) is 0 Å². The number of nitriles is 2. The third-order valence-electron chi connectivity index (χ3n) is 3.69. The van der Waals surface area contributed by atoms with Gasteiger partial charge in [-0.2, -0.15) is 15.6 Å². The molecule has 0 radical (unpaired) electrons. The molecule has 2 aromatic carbocycles. The molecule has 0 bridgehead atoms. The maximum atomic E-state index is 14.0. The van der Waals surface area contributed by atoms with Gasteiger partial charge in [0, 0.05) is 0 Å². The normalized spacial score (nSPS) is 10.1. The molecule has 25 heavy (non-hydrogen) atoms. The van der Waals surface area contributed by atoms with E-state index >= 15 is 0 Å². The molecule has 1 aromatic heterocycles. The Morgan fingerprint density at radius 1 is 1.12 bits per heavy atom. The van der Waals surface area contributed by atoms with Crippen molar-refractivity contribution in [2.24, 2.45) is 0 Å². The van der Waals surface area contributed by atoms with Crippen LogP contribution in [-0.2, 0) is 6.61 Å². The predicted octanol–water partition coefficient (Wildman–Crippen LogP) is 3.64. The molecule has 0 N–H and O–H groups in total. The second-order valence-corrected chi connectivity index (χ2v) is 5.31. The Morgan fingerprint density at radius 3 is 2.52 bits per heavy atom. The van der Waals surface area contributed by atoms with Crippen molar-refractivity contribution in [1.82, 2.24) is 9.78 Å². The molecule has 0 aliphatic rings.